The fraction of sp³-hybridized carbons (Fsp3) is 0.600. The summed E-state index contributed by atoms with van der Waals surface area (Å²) in [6.07, 6.45) is 0.911. The largest absolute Gasteiger partial charge is 0.494 e. The second kappa shape index (κ2) is 7.39. The Morgan fingerprint density at radius 3 is 2.50 bits per heavy atom. The van der Waals surface area contributed by atoms with Crippen molar-refractivity contribution in [1.82, 2.24) is 0 Å². The number of aliphatic hydroxyl groups excluding tert-OH is 2. The molecule has 0 aliphatic rings. The van der Waals surface area contributed by atoms with Crippen molar-refractivity contribution in [3.8, 4) is 5.75 Å². The molecular formula is C15H24O3. The van der Waals surface area contributed by atoms with E-state index in [-0.39, 0.29) is 12.5 Å². The van der Waals surface area contributed by atoms with Crippen molar-refractivity contribution in [2.75, 3.05) is 13.2 Å². The molecule has 1 aromatic carbocycles. The first-order chi connectivity index (χ1) is 8.62. The van der Waals surface area contributed by atoms with Gasteiger partial charge < -0.3 is 14.9 Å². The van der Waals surface area contributed by atoms with Crippen LogP contribution in [0.15, 0.2) is 18.2 Å². The SMILES string of the molecule is CCOc1ccc(C(CC)CC(O)CO)c(C)c1. The molecule has 0 bridgehead atoms. The minimum Gasteiger partial charge on any atom is -0.494 e. The predicted octanol–water partition coefficient (Wildman–Crippen LogP) is 2.63. The maximum Gasteiger partial charge on any atom is 0.119 e. The molecule has 0 aliphatic carbocycles. The molecule has 0 fully saturated rings. The van der Waals surface area contributed by atoms with E-state index in [1.54, 1.807) is 0 Å². The predicted molar refractivity (Wildman–Crippen MR) is 73.1 cm³/mol. The molecule has 2 N–H and O–H groups in total. The highest BCUT2D eigenvalue weighted by atomic mass is 16.5. The summed E-state index contributed by atoms with van der Waals surface area (Å²) < 4.78 is 5.47. The van der Waals surface area contributed by atoms with E-state index in [9.17, 15) is 5.11 Å². The van der Waals surface area contributed by atoms with Crippen LogP contribution >= 0.6 is 0 Å². The number of aryl methyl sites for hydroxylation is 1. The van der Waals surface area contributed by atoms with E-state index in [1.807, 2.05) is 19.1 Å². The quantitative estimate of drug-likeness (QED) is 0.784. The minimum atomic E-state index is -0.638. The second-order valence-corrected chi connectivity index (χ2v) is 4.63. The van der Waals surface area contributed by atoms with Gasteiger partial charge in [0.2, 0.25) is 0 Å². The molecule has 3 nitrogen and oxygen atoms in total. The van der Waals surface area contributed by atoms with Crippen LogP contribution in [0.25, 0.3) is 0 Å². The third-order valence-corrected chi connectivity index (χ3v) is 3.25. The third-order valence-electron chi connectivity index (χ3n) is 3.25. The van der Waals surface area contributed by atoms with Gasteiger partial charge in [0, 0.05) is 0 Å². The molecule has 0 aromatic heterocycles. The molecule has 0 heterocycles. The van der Waals surface area contributed by atoms with E-state index in [0.29, 0.717) is 13.0 Å². The molecule has 2 atom stereocenters. The molecular weight excluding hydrogens is 228 g/mol. The van der Waals surface area contributed by atoms with Gasteiger partial charge in [-0.2, -0.15) is 0 Å². The summed E-state index contributed by atoms with van der Waals surface area (Å²) in [7, 11) is 0. The van der Waals surface area contributed by atoms with Gasteiger partial charge in [-0.3, -0.25) is 0 Å². The van der Waals surface area contributed by atoms with Crippen LogP contribution in [0.3, 0.4) is 0 Å². The van der Waals surface area contributed by atoms with Crippen molar-refractivity contribution in [3.05, 3.63) is 29.3 Å². The first-order valence-electron chi connectivity index (χ1n) is 6.64. The van der Waals surface area contributed by atoms with E-state index in [0.717, 1.165) is 12.2 Å². The maximum atomic E-state index is 9.58. The summed E-state index contributed by atoms with van der Waals surface area (Å²) in [5, 5.41) is 18.5. The highest BCUT2D eigenvalue weighted by molar-refractivity contribution is 5.37. The van der Waals surface area contributed by atoms with Gasteiger partial charge >= 0.3 is 0 Å². The Hall–Kier alpha value is -1.06. The summed E-state index contributed by atoms with van der Waals surface area (Å²) in [5.74, 6) is 1.17. The van der Waals surface area contributed by atoms with Crippen LogP contribution in [0.4, 0.5) is 0 Å². The number of rotatable bonds is 7. The van der Waals surface area contributed by atoms with Gasteiger partial charge in [-0.1, -0.05) is 13.0 Å². The van der Waals surface area contributed by atoms with Gasteiger partial charge in [0.25, 0.3) is 0 Å². The Morgan fingerprint density at radius 1 is 1.28 bits per heavy atom. The van der Waals surface area contributed by atoms with Gasteiger partial charge in [-0.15, -0.1) is 0 Å². The number of aliphatic hydroxyl groups is 2. The molecule has 2 unspecified atom stereocenters. The lowest BCUT2D eigenvalue weighted by Gasteiger charge is -2.20. The Balaban J connectivity index is 2.85. The molecule has 0 radical (unpaired) electrons. The number of hydrogen-bond acceptors (Lipinski definition) is 3. The van der Waals surface area contributed by atoms with Gasteiger partial charge in [0.15, 0.2) is 0 Å². The highest BCUT2D eigenvalue weighted by Crippen LogP contribution is 2.29. The van der Waals surface area contributed by atoms with Crippen molar-refractivity contribution in [1.29, 1.82) is 0 Å². The van der Waals surface area contributed by atoms with Gasteiger partial charge in [0.1, 0.15) is 5.75 Å². The van der Waals surface area contributed by atoms with Crippen molar-refractivity contribution < 1.29 is 14.9 Å². The first-order valence-corrected chi connectivity index (χ1v) is 6.64. The fourth-order valence-corrected chi connectivity index (χ4v) is 2.28. The maximum absolute atomic E-state index is 9.58. The molecule has 1 aromatic rings. The average Bonchev–Trinajstić information content (AvgIpc) is 2.37. The van der Waals surface area contributed by atoms with Gasteiger partial charge in [-0.05, 0) is 55.9 Å². The topological polar surface area (TPSA) is 49.7 Å². The van der Waals surface area contributed by atoms with Crippen LogP contribution in [0.1, 0.15) is 43.7 Å². The molecule has 0 aliphatic heterocycles. The van der Waals surface area contributed by atoms with Crippen molar-refractivity contribution >= 4 is 0 Å². The molecule has 0 saturated carbocycles. The standard InChI is InChI=1S/C15H24O3/c1-4-12(9-13(17)10-16)15-7-6-14(18-5-2)8-11(15)3/h6-8,12-13,16-17H,4-5,9-10H2,1-3H3. The van der Waals surface area contributed by atoms with Gasteiger partial charge in [0.05, 0.1) is 19.3 Å². The summed E-state index contributed by atoms with van der Waals surface area (Å²) in [6.45, 7) is 6.62. The van der Waals surface area contributed by atoms with Crippen molar-refractivity contribution in [2.45, 2.75) is 45.6 Å². The van der Waals surface area contributed by atoms with E-state index >= 15 is 0 Å². The lowest BCUT2D eigenvalue weighted by molar-refractivity contribution is 0.0817. The van der Waals surface area contributed by atoms with Crippen LogP contribution in [-0.4, -0.2) is 29.5 Å². The molecule has 102 valence electrons. The van der Waals surface area contributed by atoms with E-state index in [2.05, 4.69) is 19.9 Å². The Bertz CT molecular complexity index is 363. The number of benzene rings is 1. The minimum absolute atomic E-state index is 0.174. The zero-order chi connectivity index (χ0) is 13.5. The average molecular weight is 252 g/mol. The number of hydrogen-bond donors (Lipinski definition) is 2. The monoisotopic (exact) mass is 252 g/mol. The summed E-state index contributed by atoms with van der Waals surface area (Å²) in [5.41, 5.74) is 2.41. The van der Waals surface area contributed by atoms with Crippen LogP contribution < -0.4 is 4.74 Å². The normalized spacial score (nSPS) is 14.3. The smallest absolute Gasteiger partial charge is 0.119 e. The van der Waals surface area contributed by atoms with E-state index < -0.39 is 6.10 Å². The Morgan fingerprint density at radius 2 is 2.00 bits per heavy atom. The molecule has 0 saturated heterocycles. The van der Waals surface area contributed by atoms with Crippen LogP contribution in [0.5, 0.6) is 5.75 Å². The van der Waals surface area contributed by atoms with Crippen LogP contribution in [-0.2, 0) is 0 Å². The zero-order valence-electron chi connectivity index (χ0n) is 11.5. The Labute approximate surface area is 109 Å². The molecule has 0 spiro atoms. The number of ether oxygens (including phenoxy) is 1. The van der Waals surface area contributed by atoms with E-state index in [1.165, 1.54) is 11.1 Å². The molecule has 0 amide bonds. The summed E-state index contributed by atoms with van der Waals surface area (Å²) in [6, 6.07) is 6.07. The first kappa shape index (κ1) is 15.0. The van der Waals surface area contributed by atoms with Crippen molar-refractivity contribution in [3.63, 3.8) is 0 Å². The lowest BCUT2D eigenvalue weighted by Crippen LogP contribution is -2.16. The van der Waals surface area contributed by atoms with Crippen molar-refractivity contribution in [2.24, 2.45) is 0 Å². The zero-order valence-corrected chi connectivity index (χ0v) is 11.5. The summed E-state index contributed by atoms with van der Waals surface area (Å²) in [4.78, 5) is 0. The molecule has 1 rings (SSSR count). The van der Waals surface area contributed by atoms with Crippen LogP contribution in [0.2, 0.25) is 0 Å². The van der Waals surface area contributed by atoms with Crippen LogP contribution in [0, 0.1) is 6.92 Å². The molecule has 3 heteroatoms. The highest BCUT2D eigenvalue weighted by Gasteiger charge is 2.16. The third kappa shape index (κ3) is 4.00. The fourth-order valence-electron chi connectivity index (χ4n) is 2.28. The second-order valence-electron chi connectivity index (χ2n) is 4.63. The van der Waals surface area contributed by atoms with E-state index in [4.69, 9.17) is 9.84 Å². The van der Waals surface area contributed by atoms with Gasteiger partial charge in [-0.25, -0.2) is 0 Å². The summed E-state index contributed by atoms with van der Waals surface area (Å²) >= 11 is 0. The Kier molecular flexibility index (Phi) is 6.16. The molecule has 18 heavy (non-hydrogen) atoms. The lowest BCUT2D eigenvalue weighted by atomic mass is 9.88.